The lowest BCUT2D eigenvalue weighted by Crippen LogP contribution is -2.40. The standard InChI is InChI=1S/C19H22N4O4/c1-27-17-5-2-14(3-6-17)12-21-19(24)15-8-10-22(11-9-15)18-7-4-16(13-20-18)23(25)26/h2-7,13,15H,8-12H2,1H3,(H,21,24). The molecule has 1 saturated heterocycles. The number of ether oxygens (including phenoxy) is 1. The first-order valence-corrected chi connectivity index (χ1v) is 8.83. The van der Waals surface area contributed by atoms with Crippen molar-refractivity contribution in [3.63, 3.8) is 0 Å². The van der Waals surface area contributed by atoms with Gasteiger partial charge >= 0.3 is 0 Å². The van der Waals surface area contributed by atoms with Crippen LogP contribution >= 0.6 is 0 Å². The molecule has 8 nitrogen and oxygen atoms in total. The maximum atomic E-state index is 12.4. The first-order chi connectivity index (χ1) is 13.1. The average molecular weight is 370 g/mol. The van der Waals surface area contributed by atoms with Gasteiger partial charge in [0.2, 0.25) is 5.91 Å². The second-order valence-corrected chi connectivity index (χ2v) is 6.46. The molecule has 0 radical (unpaired) electrons. The van der Waals surface area contributed by atoms with Gasteiger partial charge in [0.25, 0.3) is 5.69 Å². The normalized spacial score (nSPS) is 14.6. The number of hydrogen-bond acceptors (Lipinski definition) is 6. The highest BCUT2D eigenvalue weighted by molar-refractivity contribution is 5.79. The van der Waals surface area contributed by atoms with Gasteiger partial charge < -0.3 is 15.0 Å². The van der Waals surface area contributed by atoms with Gasteiger partial charge in [-0.05, 0) is 36.6 Å². The predicted octanol–water partition coefficient (Wildman–Crippen LogP) is 2.53. The molecule has 1 amide bonds. The molecule has 1 aliphatic rings. The molecular formula is C19H22N4O4. The van der Waals surface area contributed by atoms with E-state index in [9.17, 15) is 14.9 Å². The van der Waals surface area contributed by atoms with E-state index in [4.69, 9.17) is 4.74 Å². The number of benzene rings is 1. The number of piperidine rings is 1. The van der Waals surface area contributed by atoms with E-state index in [0.717, 1.165) is 24.2 Å². The number of anilines is 1. The summed E-state index contributed by atoms with van der Waals surface area (Å²) in [4.78, 5) is 28.9. The minimum atomic E-state index is -0.462. The van der Waals surface area contributed by atoms with Gasteiger partial charge in [0.15, 0.2) is 0 Å². The largest absolute Gasteiger partial charge is 0.497 e. The molecule has 8 heteroatoms. The Morgan fingerprint density at radius 3 is 2.52 bits per heavy atom. The summed E-state index contributed by atoms with van der Waals surface area (Å²) >= 11 is 0. The van der Waals surface area contributed by atoms with E-state index in [1.165, 1.54) is 12.3 Å². The molecule has 0 bridgehead atoms. The van der Waals surface area contributed by atoms with Crippen molar-refractivity contribution >= 4 is 17.4 Å². The molecule has 3 rings (SSSR count). The maximum Gasteiger partial charge on any atom is 0.287 e. The molecule has 1 fully saturated rings. The number of nitrogens with one attached hydrogen (secondary N) is 1. The quantitative estimate of drug-likeness (QED) is 0.620. The van der Waals surface area contributed by atoms with Crippen molar-refractivity contribution in [2.24, 2.45) is 5.92 Å². The number of carbonyl (C=O) groups is 1. The number of amides is 1. The lowest BCUT2D eigenvalue weighted by molar-refractivity contribution is -0.385. The highest BCUT2D eigenvalue weighted by Gasteiger charge is 2.25. The molecule has 1 N–H and O–H groups in total. The summed E-state index contributed by atoms with van der Waals surface area (Å²) in [5, 5.41) is 13.7. The van der Waals surface area contributed by atoms with Gasteiger partial charge in [-0.25, -0.2) is 4.98 Å². The van der Waals surface area contributed by atoms with Gasteiger partial charge in [-0.15, -0.1) is 0 Å². The van der Waals surface area contributed by atoms with E-state index < -0.39 is 4.92 Å². The van der Waals surface area contributed by atoms with E-state index in [2.05, 4.69) is 15.2 Å². The number of rotatable bonds is 6. The van der Waals surface area contributed by atoms with Gasteiger partial charge in [-0.2, -0.15) is 0 Å². The minimum absolute atomic E-state index is 0.0217. The average Bonchev–Trinajstić information content (AvgIpc) is 2.72. The van der Waals surface area contributed by atoms with Crippen molar-refractivity contribution in [1.29, 1.82) is 0 Å². The Balaban J connectivity index is 1.47. The van der Waals surface area contributed by atoms with Crippen molar-refractivity contribution in [3.05, 3.63) is 58.3 Å². The molecule has 0 spiro atoms. The molecule has 0 atom stereocenters. The van der Waals surface area contributed by atoms with E-state index in [1.807, 2.05) is 24.3 Å². The topological polar surface area (TPSA) is 97.6 Å². The minimum Gasteiger partial charge on any atom is -0.497 e. The lowest BCUT2D eigenvalue weighted by atomic mass is 9.96. The molecule has 0 unspecified atom stereocenters. The van der Waals surface area contributed by atoms with Crippen molar-refractivity contribution in [1.82, 2.24) is 10.3 Å². The summed E-state index contributed by atoms with van der Waals surface area (Å²) in [6.45, 7) is 1.89. The Hall–Kier alpha value is -3.16. The van der Waals surface area contributed by atoms with Crippen LogP contribution in [0.4, 0.5) is 11.5 Å². The van der Waals surface area contributed by atoms with Gasteiger partial charge in [0.1, 0.15) is 17.8 Å². The van der Waals surface area contributed by atoms with Crippen molar-refractivity contribution in [2.45, 2.75) is 19.4 Å². The van der Waals surface area contributed by atoms with Gasteiger partial charge in [0, 0.05) is 31.6 Å². The summed E-state index contributed by atoms with van der Waals surface area (Å²) in [5.41, 5.74) is 1.00. The van der Waals surface area contributed by atoms with Crippen LogP contribution in [0.5, 0.6) is 5.75 Å². The monoisotopic (exact) mass is 370 g/mol. The third-order valence-electron chi connectivity index (χ3n) is 4.76. The van der Waals surface area contributed by atoms with Crippen LogP contribution in [-0.4, -0.2) is 36.0 Å². The Labute approximate surface area is 157 Å². The van der Waals surface area contributed by atoms with E-state index in [1.54, 1.807) is 13.2 Å². The van der Waals surface area contributed by atoms with Crippen LogP contribution in [0.25, 0.3) is 0 Å². The van der Waals surface area contributed by atoms with Crippen molar-refractivity contribution < 1.29 is 14.5 Å². The van der Waals surface area contributed by atoms with Crippen LogP contribution in [0.15, 0.2) is 42.6 Å². The highest BCUT2D eigenvalue weighted by Crippen LogP contribution is 2.23. The fraction of sp³-hybridized carbons (Fsp3) is 0.368. The van der Waals surface area contributed by atoms with Crippen LogP contribution in [-0.2, 0) is 11.3 Å². The second-order valence-electron chi connectivity index (χ2n) is 6.46. The molecule has 1 aromatic heterocycles. The Kier molecular flexibility index (Phi) is 5.85. The van der Waals surface area contributed by atoms with Gasteiger partial charge in [0.05, 0.1) is 12.0 Å². The number of nitro groups is 1. The van der Waals surface area contributed by atoms with E-state index >= 15 is 0 Å². The number of aromatic nitrogens is 1. The maximum absolute atomic E-state index is 12.4. The zero-order chi connectivity index (χ0) is 19.2. The third-order valence-corrected chi connectivity index (χ3v) is 4.76. The Bertz CT molecular complexity index is 784. The smallest absolute Gasteiger partial charge is 0.287 e. The zero-order valence-electron chi connectivity index (χ0n) is 15.1. The SMILES string of the molecule is COc1ccc(CNC(=O)C2CCN(c3ccc([N+](=O)[O-])cn3)CC2)cc1. The summed E-state index contributed by atoms with van der Waals surface area (Å²) in [5.74, 6) is 1.52. The fourth-order valence-electron chi connectivity index (χ4n) is 3.12. The molecular weight excluding hydrogens is 348 g/mol. The van der Waals surface area contributed by atoms with E-state index in [0.29, 0.717) is 25.5 Å². The number of nitrogens with zero attached hydrogens (tertiary/aromatic N) is 3. The molecule has 1 aliphatic heterocycles. The predicted molar refractivity (Wildman–Crippen MR) is 101 cm³/mol. The lowest BCUT2D eigenvalue weighted by Gasteiger charge is -2.32. The third kappa shape index (κ3) is 4.72. The van der Waals surface area contributed by atoms with E-state index in [-0.39, 0.29) is 17.5 Å². The molecule has 0 saturated carbocycles. The summed E-state index contributed by atoms with van der Waals surface area (Å²) in [6, 6.07) is 10.7. The number of hydrogen-bond donors (Lipinski definition) is 1. The van der Waals surface area contributed by atoms with Crippen molar-refractivity contribution in [2.75, 3.05) is 25.1 Å². The number of carbonyl (C=O) groups excluding carboxylic acids is 1. The van der Waals surface area contributed by atoms with Crippen LogP contribution in [0.3, 0.4) is 0 Å². The van der Waals surface area contributed by atoms with Gasteiger partial charge in [-0.1, -0.05) is 12.1 Å². The number of pyridine rings is 1. The molecule has 0 aliphatic carbocycles. The molecule has 142 valence electrons. The fourth-order valence-corrected chi connectivity index (χ4v) is 3.12. The summed E-state index contributed by atoms with van der Waals surface area (Å²) in [7, 11) is 1.62. The first-order valence-electron chi connectivity index (χ1n) is 8.83. The van der Waals surface area contributed by atoms with Crippen LogP contribution < -0.4 is 15.0 Å². The number of methoxy groups -OCH3 is 1. The highest BCUT2D eigenvalue weighted by atomic mass is 16.6. The molecule has 2 aromatic rings. The zero-order valence-corrected chi connectivity index (χ0v) is 15.1. The van der Waals surface area contributed by atoms with Gasteiger partial charge in [-0.3, -0.25) is 14.9 Å². The van der Waals surface area contributed by atoms with Crippen molar-refractivity contribution in [3.8, 4) is 5.75 Å². The summed E-state index contributed by atoms with van der Waals surface area (Å²) in [6.07, 6.45) is 2.73. The van der Waals surface area contributed by atoms with Crippen LogP contribution in [0, 0.1) is 16.0 Å². The van der Waals surface area contributed by atoms with Crippen LogP contribution in [0.1, 0.15) is 18.4 Å². The first kappa shape index (κ1) is 18.6. The Morgan fingerprint density at radius 1 is 1.26 bits per heavy atom. The summed E-state index contributed by atoms with van der Waals surface area (Å²) < 4.78 is 5.12. The molecule has 1 aromatic carbocycles. The molecule has 2 heterocycles. The van der Waals surface area contributed by atoms with Crippen LogP contribution in [0.2, 0.25) is 0 Å². The second kappa shape index (κ2) is 8.48. The Morgan fingerprint density at radius 2 is 1.96 bits per heavy atom. The molecule has 27 heavy (non-hydrogen) atoms.